The van der Waals surface area contributed by atoms with E-state index in [1.807, 2.05) is 25.1 Å². The van der Waals surface area contributed by atoms with Gasteiger partial charge in [0.2, 0.25) is 0 Å². The van der Waals surface area contributed by atoms with Crippen LogP contribution in [-0.2, 0) is 9.84 Å². The highest BCUT2D eigenvalue weighted by Gasteiger charge is 2.14. The normalized spacial score (nSPS) is 13.0. The Hall–Kier alpha value is -1.52. The third kappa shape index (κ3) is 3.57. The van der Waals surface area contributed by atoms with Crippen molar-refractivity contribution in [1.82, 2.24) is 0 Å². The van der Waals surface area contributed by atoms with E-state index >= 15 is 0 Å². The molecule has 1 unspecified atom stereocenters. The molecule has 0 spiro atoms. The molecule has 0 N–H and O–H groups in total. The molecule has 0 heterocycles. The first-order valence-electron chi connectivity index (χ1n) is 6.41. The molecule has 1 atom stereocenters. The number of aryl methyl sites for hydroxylation is 1. The molecule has 2 aromatic rings. The minimum Gasteiger partial charge on any atom is -0.496 e. The van der Waals surface area contributed by atoms with Crippen molar-refractivity contribution in [3.8, 4) is 5.75 Å². The van der Waals surface area contributed by atoms with Crippen molar-refractivity contribution in [2.45, 2.75) is 17.2 Å². The lowest BCUT2D eigenvalue weighted by molar-refractivity contribution is 0.411. The Kier molecular flexibility index (Phi) is 4.59. The minimum absolute atomic E-state index is 0.293. The maximum absolute atomic E-state index is 11.5. The van der Waals surface area contributed by atoms with Gasteiger partial charge in [0.1, 0.15) is 5.75 Å². The number of alkyl halides is 1. The van der Waals surface area contributed by atoms with Crippen LogP contribution in [0.1, 0.15) is 22.1 Å². The van der Waals surface area contributed by atoms with Crippen LogP contribution in [0.15, 0.2) is 47.4 Å². The van der Waals surface area contributed by atoms with Gasteiger partial charge in [-0.15, -0.1) is 11.6 Å². The zero-order valence-corrected chi connectivity index (χ0v) is 13.7. The second-order valence-electron chi connectivity index (χ2n) is 4.93. The van der Waals surface area contributed by atoms with Crippen molar-refractivity contribution in [1.29, 1.82) is 0 Å². The Morgan fingerprint density at radius 1 is 1.05 bits per heavy atom. The van der Waals surface area contributed by atoms with E-state index in [0.29, 0.717) is 4.90 Å². The number of rotatable bonds is 4. The number of ether oxygens (including phenoxy) is 1. The summed E-state index contributed by atoms with van der Waals surface area (Å²) in [6.07, 6.45) is 1.19. The van der Waals surface area contributed by atoms with Crippen LogP contribution in [0.5, 0.6) is 5.75 Å². The predicted molar refractivity (Wildman–Crippen MR) is 85.0 cm³/mol. The fraction of sp³-hybridized carbons (Fsp3) is 0.250. The summed E-state index contributed by atoms with van der Waals surface area (Å²) in [5, 5.41) is -0.330. The summed E-state index contributed by atoms with van der Waals surface area (Å²) >= 11 is 6.48. The highest BCUT2D eigenvalue weighted by Crippen LogP contribution is 2.32. The average Bonchev–Trinajstić information content (AvgIpc) is 2.45. The summed E-state index contributed by atoms with van der Waals surface area (Å²) in [6.45, 7) is 1.96. The molecular weight excluding hydrogens is 308 g/mol. The van der Waals surface area contributed by atoms with E-state index in [2.05, 4.69) is 0 Å². The summed E-state index contributed by atoms with van der Waals surface area (Å²) in [5.41, 5.74) is 2.81. The summed E-state index contributed by atoms with van der Waals surface area (Å²) < 4.78 is 28.1. The van der Waals surface area contributed by atoms with Gasteiger partial charge in [-0.3, -0.25) is 0 Å². The van der Waals surface area contributed by atoms with E-state index in [1.54, 1.807) is 31.4 Å². The van der Waals surface area contributed by atoms with Gasteiger partial charge >= 0.3 is 0 Å². The van der Waals surface area contributed by atoms with E-state index in [-0.39, 0.29) is 5.38 Å². The first kappa shape index (κ1) is 15.9. The highest BCUT2D eigenvalue weighted by molar-refractivity contribution is 7.90. The Balaban J connectivity index is 2.31. The van der Waals surface area contributed by atoms with Crippen molar-refractivity contribution in [3.05, 3.63) is 59.2 Å². The van der Waals surface area contributed by atoms with E-state index < -0.39 is 9.84 Å². The van der Waals surface area contributed by atoms with Crippen LogP contribution in [-0.4, -0.2) is 21.8 Å². The molecule has 0 aliphatic carbocycles. The summed E-state index contributed by atoms with van der Waals surface area (Å²) in [4.78, 5) is 0.293. The van der Waals surface area contributed by atoms with Crippen LogP contribution in [0.3, 0.4) is 0 Å². The molecule has 0 saturated carbocycles. The molecular formula is C16H17ClO3S. The quantitative estimate of drug-likeness (QED) is 0.805. The largest absolute Gasteiger partial charge is 0.496 e. The van der Waals surface area contributed by atoms with E-state index in [0.717, 1.165) is 22.4 Å². The van der Waals surface area contributed by atoms with Gasteiger partial charge in [-0.2, -0.15) is 0 Å². The van der Waals surface area contributed by atoms with Gasteiger partial charge in [-0.25, -0.2) is 8.42 Å². The van der Waals surface area contributed by atoms with Gasteiger partial charge in [-0.05, 0) is 41.8 Å². The second-order valence-corrected chi connectivity index (χ2v) is 7.38. The van der Waals surface area contributed by atoms with Crippen LogP contribution in [0, 0.1) is 6.92 Å². The Morgan fingerprint density at radius 2 is 1.62 bits per heavy atom. The van der Waals surface area contributed by atoms with Crippen LogP contribution < -0.4 is 4.74 Å². The van der Waals surface area contributed by atoms with Crippen molar-refractivity contribution < 1.29 is 13.2 Å². The molecule has 112 valence electrons. The lowest BCUT2D eigenvalue weighted by Crippen LogP contribution is -1.99. The standard InChI is InChI=1S/C16H17ClO3S/c1-11-10-13(6-9-15(11)20-2)16(17)12-4-7-14(8-5-12)21(3,18)19/h4-10,16H,1-3H3. The zero-order chi connectivity index (χ0) is 15.6. The van der Waals surface area contributed by atoms with Crippen LogP contribution >= 0.6 is 11.6 Å². The van der Waals surface area contributed by atoms with Gasteiger partial charge in [0.25, 0.3) is 0 Å². The fourth-order valence-corrected chi connectivity index (χ4v) is 3.05. The highest BCUT2D eigenvalue weighted by atomic mass is 35.5. The van der Waals surface area contributed by atoms with Gasteiger partial charge in [0, 0.05) is 6.26 Å². The van der Waals surface area contributed by atoms with Crippen LogP contribution in [0.4, 0.5) is 0 Å². The smallest absolute Gasteiger partial charge is 0.175 e. The molecule has 0 radical (unpaired) electrons. The molecule has 0 bridgehead atoms. The van der Waals surface area contributed by atoms with Crippen molar-refractivity contribution in [2.24, 2.45) is 0 Å². The Labute approximate surface area is 130 Å². The Morgan fingerprint density at radius 3 is 2.10 bits per heavy atom. The first-order valence-corrected chi connectivity index (χ1v) is 8.74. The summed E-state index contributed by atoms with van der Waals surface area (Å²) in [6, 6.07) is 12.4. The molecule has 0 aliphatic heterocycles. The topological polar surface area (TPSA) is 43.4 Å². The van der Waals surface area contributed by atoms with Crippen LogP contribution in [0.25, 0.3) is 0 Å². The number of hydrogen-bond acceptors (Lipinski definition) is 3. The molecule has 21 heavy (non-hydrogen) atoms. The molecule has 0 aliphatic rings. The SMILES string of the molecule is COc1ccc(C(Cl)c2ccc(S(C)(=O)=O)cc2)cc1C. The molecule has 0 aromatic heterocycles. The third-order valence-electron chi connectivity index (χ3n) is 3.31. The van der Waals surface area contributed by atoms with Gasteiger partial charge in [0.15, 0.2) is 9.84 Å². The monoisotopic (exact) mass is 324 g/mol. The van der Waals surface area contributed by atoms with Crippen molar-refractivity contribution >= 4 is 21.4 Å². The summed E-state index contributed by atoms with van der Waals surface area (Å²) in [7, 11) is -1.56. The predicted octanol–water partition coefficient (Wildman–Crippen LogP) is 3.74. The van der Waals surface area contributed by atoms with E-state index in [9.17, 15) is 8.42 Å². The molecule has 2 rings (SSSR count). The number of methoxy groups -OCH3 is 1. The number of benzene rings is 2. The Bertz CT molecular complexity index is 737. The fourth-order valence-electron chi connectivity index (χ4n) is 2.14. The molecule has 3 nitrogen and oxygen atoms in total. The minimum atomic E-state index is -3.19. The number of halogens is 1. The molecule has 2 aromatic carbocycles. The zero-order valence-electron chi connectivity index (χ0n) is 12.1. The summed E-state index contributed by atoms with van der Waals surface area (Å²) in [5.74, 6) is 0.815. The van der Waals surface area contributed by atoms with Crippen molar-refractivity contribution in [2.75, 3.05) is 13.4 Å². The van der Waals surface area contributed by atoms with Gasteiger partial charge in [-0.1, -0.05) is 24.3 Å². The molecule has 0 saturated heterocycles. The second kappa shape index (κ2) is 6.08. The van der Waals surface area contributed by atoms with Gasteiger partial charge < -0.3 is 4.74 Å². The molecule has 0 amide bonds. The van der Waals surface area contributed by atoms with E-state index in [1.165, 1.54) is 6.26 Å². The molecule has 0 fully saturated rings. The van der Waals surface area contributed by atoms with E-state index in [4.69, 9.17) is 16.3 Å². The van der Waals surface area contributed by atoms with Gasteiger partial charge in [0.05, 0.1) is 17.4 Å². The van der Waals surface area contributed by atoms with Crippen LogP contribution in [0.2, 0.25) is 0 Å². The third-order valence-corrected chi connectivity index (χ3v) is 4.94. The molecule has 5 heteroatoms. The average molecular weight is 325 g/mol. The number of sulfone groups is 1. The maximum Gasteiger partial charge on any atom is 0.175 e. The lowest BCUT2D eigenvalue weighted by atomic mass is 10.0. The van der Waals surface area contributed by atoms with Crippen molar-refractivity contribution in [3.63, 3.8) is 0 Å². The first-order chi connectivity index (χ1) is 9.82. The lowest BCUT2D eigenvalue weighted by Gasteiger charge is -2.13. The maximum atomic E-state index is 11.5. The number of hydrogen-bond donors (Lipinski definition) is 0.